The van der Waals surface area contributed by atoms with Gasteiger partial charge in [-0.2, -0.15) is 4.98 Å². The molecule has 178 valence electrons. The van der Waals surface area contributed by atoms with Gasteiger partial charge < -0.3 is 25.2 Å². The number of phosphoric ester groups is 1. The number of amides is 1. The molecule has 33 heavy (non-hydrogen) atoms. The normalized spacial score (nSPS) is 17.3. The smallest absolute Gasteiger partial charge is 0.471 e. The van der Waals surface area contributed by atoms with Crippen molar-refractivity contribution in [1.82, 2.24) is 9.97 Å². The lowest BCUT2D eigenvalue weighted by Gasteiger charge is -2.47. The molecule has 1 aromatic heterocycles. The van der Waals surface area contributed by atoms with Gasteiger partial charge in [-0.15, -0.1) is 0 Å². The van der Waals surface area contributed by atoms with E-state index < -0.39 is 31.9 Å². The van der Waals surface area contributed by atoms with E-state index >= 15 is 0 Å². The maximum Gasteiger partial charge on any atom is 0.471 e. The number of benzene rings is 1. The molecule has 1 aliphatic heterocycles. The molecule has 1 aliphatic carbocycles. The number of aromatic nitrogens is 2. The Bertz CT molecular complexity index is 1130. The molecule has 1 saturated carbocycles. The van der Waals surface area contributed by atoms with E-state index in [2.05, 4.69) is 25.1 Å². The highest BCUT2D eigenvalue weighted by atomic mass is 31.2. The highest BCUT2D eigenvalue weighted by Gasteiger charge is 2.53. The highest BCUT2D eigenvalue weighted by Crippen LogP contribution is 2.48. The number of anilines is 4. The van der Waals surface area contributed by atoms with Gasteiger partial charge >= 0.3 is 7.82 Å². The summed E-state index contributed by atoms with van der Waals surface area (Å²) in [5.41, 5.74) is -0.796. The minimum Gasteiger partial charge on any atom is -0.475 e. The summed E-state index contributed by atoms with van der Waals surface area (Å²) >= 11 is 0. The van der Waals surface area contributed by atoms with Crippen molar-refractivity contribution in [3.05, 3.63) is 30.2 Å². The molecule has 1 spiro atoms. The Balaban J connectivity index is 1.64. The molecule has 2 heterocycles. The van der Waals surface area contributed by atoms with Crippen LogP contribution >= 0.6 is 7.82 Å². The summed E-state index contributed by atoms with van der Waals surface area (Å²) in [7, 11) is -4.82. The second kappa shape index (κ2) is 8.21. The van der Waals surface area contributed by atoms with Crippen molar-refractivity contribution in [3.63, 3.8) is 0 Å². The van der Waals surface area contributed by atoms with Crippen LogP contribution in [-0.4, -0.2) is 43.5 Å². The third-order valence-corrected chi connectivity index (χ3v) is 5.65. The summed E-state index contributed by atoms with van der Waals surface area (Å²) in [6.45, 7) is 5.08. The summed E-state index contributed by atoms with van der Waals surface area (Å²) in [4.78, 5) is 40.5. The number of ether oxygens (including phenoxy) is 1. The predicted octanol–water partition coefficient (Wildman–Crippen LogP) is 3.28. The first-order chi connectivity index (χ1) is 15.4. The number of hydrogen-bond donors (Lipinski definition) is 4. The lowest BCUT2D eigenvalue weighted by atomic mass is 9.78. The molecule has 13 heteroatoms. The van der Waals surface area contributed by atoms with Gasteiger partial charge in [-0.25, -0.2) is 13.9 Å². The average molecular weight is 481 g/mol. The molecule has 0 bridgehead atoms. The number of halogens is 1. The van der Waals surface area contributed by atoms with Gasteiger partial charge in [0.1, 0.15) is 12.5 Å². The van der Waals surface area contributed by atoms with Crippen LogP contribution in [0.2, 0.25) is 0 Å². The Morgan fingerprint density at radius 1 is 1.33 bits per heavy atom. The van der Waals surface area contributed by atoms with Crippen molar-refractivity contribution < 1.29 is 32.8 Å². The zero-order valence-electron chi connectivity index (χ0n) is 18.3. The minimum atomic E-state index is -4.82. The van der Waals surface area contributed by atoms with Gasteiger partial charge in [0.2, 0.25) is 5.95 Å². The van der Waals surface area contributed by atoms with E-state index in [1.54, 1.807) is 12.1 Å². The summed E-state index contributed by atoms with van der Waals surface area (Å²) in [6.07, 6.45) is 2.82. The Kier molecular flexibility index (Phi) is 5.81. The molecule has 0 atom stereocenters. The van der Waals surface area contributed by atoms with Gasteiger partial charge in [0, 0.05) is 11.2 Å². The van der Waals surface area contributed by atoms with Crippen molar-refractivity contribution in [3.8, 4) is 5.75 Å². The van der Waals surface area contributed by atoms with E-state index in [0.29, 0.717) is 24.3 Å². The second-order valence-electron chi connectivity index (χ2n) is 9.00. The number of nitrogens with zero attached hydrogens (tertiary/aromatic N) is 3. The Hall–Kier alpha value is -2.79. The topological polar surface area (TPSA) is 146 Å². The van der Waals surface area contributed by atoms with Crippen LogP contribution in [0.4, 0.5) is 27.5 Å². The van der Waals surface area contributed by atoms with Gasteiger partial charge in [0.05, 0.1) is 11.9 Å². The lowest BCUT2D eigenvalue weighted by molar-refractivity contribution is -0.144. The van der Waals surface area contributed by atoms with Crippen LogP contribution in [0.3, 0.4) is 0 Å². The first kappa shape index (κ1) is 23.4. The third-order valence-electron chi connectivity index (χ3n) is 5.20. The van der Waals surface area contributed by atoms with Gasteiger partial charge in [-0.1, -0.05) is 0 Å². The van der Waals surface area contributed by atoms with E-state index in [0.717, 1.165) is 17.5 Å². The van der Waals surface area contributed by atoms with Crippen LogP contribution in [-0.2, 0) is 13.9 Å². The van der Waals surface area contributed by atoms with Crippen LogP contribution in [0.1, 0.15) is 40.0 Å². The highest BCUT2D eigenvalue weighted by molar-refractivity contribution is 7.46. The van der Waals surface area contributed by atoms with Crippen LogP contribution in [0, 0.1) is 5.82 Å². The van der Waals surface area contributed by atoms with Gasteiger partial charge in [0.25, 0.3) is 5.91 Å². The lowest BCUT2D eigenvalue weighted by Crippen LogP contribution is -2.60. The Labute approximate surface area is 189 Å². The molecular weight excluding hydrogens is 456 g/mol. The van der Waals surface area contributed by atoms with Crippen LogP contribution in [0.15, 0.2) is 24.4 Å². The number of fused-ring (bicyclic) bond motifs is 1. The molecule has 1 amide bonds. The van der Waals surface area contributed by atoms with Gasteiger partial charge in [0.15, 0.2) is 17.2 Å². The standard InChI is InChI=1S/C20H25FN5O6P/c1-19(2,3)25-18-22-10-13(21)16(24-18)23-12-5-6-15-14(9-12)26(11-31-33(28,29)30)17(27)20(32-15)7-4-8-20/h5-6,9-10H,4,7-8,11H2,1-3H3,(H2,28,29,30)(H2,22,23,24,25). The number of carbonyl (C=O) groups is 1. The van der Waals surface area contributed by atoms with E-state index in [-0.39, 0.29) is 23.0 Å². The molecule has 2 aromatic rings. The molecule has 11 nitrogen and oxygen atoms in total. The second-order valence-corrected chi connectivity index (χ2v) is 10.2. The van der Waals surface area contributed by atoms with Crippen molar-refractivity contribution in [2.45, 2.75) is 51.2 Å². The number of hydrogen-bond acceptors (Lipinski definition) is 8. The minimum absolute atomic E-state index is 0.0896. The Morgan fingerprint density at radius 3 is 2.67 bits per heavy atom. The van der Waals surface area contributed by atoms with Crippen molar-refractivity contribution in [2.24, 2.45) is 0 Å². The quantitative estimate of drug-likeness (QED) is 0.453. The molecule has 4 rings (SSSR count). The number of phosphoric acid groups is 1. The van der Waals surface area contributed by atoms with Gasteiger partial charge in [-0.05, 0) is 58.2 Å². The number of carbonyl (C=O) groups excluding carboxylic acids is 1. The molecule has 1 fully saturated rings. The van der Waals surface area contributed by atoms with E-state index in [1.807, 2.05) is 20.8 Å². The van der Waals surface area contributed by atoms with Gasteiger partial charge in [-0.3, -0.25) is 14.2 Å². The van der Waals surface area contributed by atoms with Crippen molar-refractivity contribution >= 4 is 36.9 Å². The van der Waals surface area contributed by atoms with E-state index in [4.69, 9.17) is 14.5 Å². The molecule has 0 saturated heterocycles. The molecular formula is C20H25FN5O6P. The first-order valence-corrected chi connectivity index (χ1v) is 11.8. The molecule has 1 aromatic carbocycles. The monoisotopic (exact) mass is 481 g/mol. The summed E-state index contributed by atoms with van der Waals surface area (Å²) in [5.74, 6) is -0.640. The zero-order chi connectivity index (χ0) is 24.0. The SMILES string of the molecule is CC(C)(C)Nc1ncc(F)c(Nc2ccc3c(c2)N(COP(=O)(O)O)C(=O)C2(CCC2)O3)n1. The summed E-state index contributed by atoms with van der Waals surface area (Å²) in [5, 5.41) is 5.91. The molecule has 2 aliphatic rings. The van der Waals surface area contributed by atoms with Crippen LogP contribution in [0.5, 0.6) is 5.75 Å². The fourth-order valence-electron chi connectivity index (χ4n) is 3.56. The average Bonchev–Trinajstić information content (AvgIpc) is 2.66. The third kappa shape index (κ3) is 5.09. The summed E-state index contributed by atoms with van der Waals surface area (Å²) < 4.78 is 36.2. The van der Waals surface area contributed by atoms with Crippen LogP contribution < -0.4 is 20.3 Å². The van der Waals surface area contributed by atoms with E-state index in [9.17, 15) is 13.8 Å². The summed E-state index contributed by atoms with van der Waals surface area (Å²) in [6, 6.07) is 4.73. The predicted molar refractivity (Wildman–Crippen MR) is 118 cm³/mol. The maximum absolute atomic E-state index is 14.4. The first-order valence-electron chi connectivity index (χ1n) is 10.3. The molecule has 0 unspecified atom stereocenters. The molecule has 0 radical (unpaired) electrons. The fourth-order valence-corrected chi connectivity index (χ4v) is 3.83. The number of nitrogens with one attached hydrogen (secondary N) is 2. The molecule has 4 N–H and O–H groups in total. The number of rotatable bonds is 6. The van der Waals surface area contributed by atoms with Crippen molar-refractivity contribution in [1.29, 1.82) is 0 Å². The Morgan fingerprint density at radius 2 is 2.06 bits per heavy atom. The van der Waals surface area contributed by atoms with Crippen LogP contribution in [0.25, 0.3) is 0 Å². The van der Waals surface area contributed by atoms with Crippen molar-refractivity contribution in [2.75, 3.05) is 22.3 Å². The van der Waals surface area contributed by atoms with E-state index in [1.165, 1.54) is 6.07 Å². The largest absolute Gasteiger partial charge is 0.475 e. The maximum atomic E-state index is 14.4. The fraction of sp³-hybridized carbons (Fsp3) is 0.450. The zero-order valence-corrected chi connectivity index (χ0v) is 19.2.